The molecule has 1 fully saturated rings. The number of sulfonamides is 1. The Kier molecular flexibility index (Phi) is 4.09. The van der Waals surface area contributed by atoms with Crippen LogP contribution in [0.3, 0.4) is 0 Å². The molecule has 1 aromatic carbocycles. The third-order valence-corrected chi connectivity index (χ3v) is 5.78. The second kappa shape index (κ2) is 5.35. The maximum absolute atomic E-state index is 12.0. The van der Waals surface area contributed by atoms with Crippen molar-refractivity contribution in [1.29, 1.82) is 0 Å². The third kappa shape index (κ3) is 2.82. The highest BCUT2D eigenvalue weighted by Crippen LogP contribution is 2.30. The number of nitrogens with one attached hydrogen (secondary N) is 1. The van der Waals surface area contributed by atoms with Crippen molar-refractivity contribution >= 4 is 15.7 Å². The summed E-state index contributed by atoms with van der Waals surface area (Å²) in [5.74, 6) is 0. The Balaban J connectivity index is 2.17. The molecular formula is C14H22N2O3S. The molecule has 0 aliphatic carbocycles. The highest BCUT2D eigenvalue weighted by atomic mass is 32.2. The van der Waals surface area contributed by atoms with Gasteiger partial charge in [0.05, 0.1) is 16.5 Å². The largest absolute Gasteiger partial charge is 0.377 e. The van der Waals surface area contributed by atoms with E-state index >= 15 is 0 Å². The summed E-state index contributed by atoms with van der Waals surface area (Å²) < 4.78 is 30.8. The van der Waals surface area contributed by atoms with Crippen molar-refractivity contribution in [3.8, 4) is 0 Å². The molecule has 1 saturated heterocycles. The Hall–Kier alpha value is -1.11. The maximum atomic E-state index is 12.0. The molecule has 1 heterocycles. The quantitative estimate of drug-likeness (QED) is 0.922. The zero-order chi connectivity index (χ0) is 15.0. The molecule has 1 aliphatic heterocycles. The minimum Gasteiger partial charge on any atom is -0.377 e. The fourth-order valence-electron chi connectivity index (χ4n) is 2.25. The Morgan fingerprint density at radius 2 is 1.90 bits per heavy atom. The summed E-state index contributed by atoms with van der Waals surface area (Å²) in [4.78, 5) is 0.300. The standard InChI is InChI=1S/C14H22N2O3S/c1-11-14(2,9-10-19-11)15-12-5-7-13(8-6-12)20(17,18)16(3)4/h5-8,11,15H,9-10H2,1-4H3. The number of anilines is 1. The molecule has 20 heavy (non-hydrogen) atoms. The van der Waals surface area contributed by atoms with E-state index in [1.807, 2.05) is 6.92 Å². The van der Waals surface area contributed by atoms with Crippen LogP contribution in [-0.2, 0) is 14.8 Å². The van der Waals surface area contributed by atoms with Gasteiger partial charge in [-0.1, -0.05) is 0 Å². The van der Waals surface area contributed by atoms with Crippen LogP contribution in [0.5, 0.6) is 0 Å². The molecule has 0 aromatic heterocycles. The van der Waals surface area contributed by atoms with E-state index in [-0.39, 0.29) is 11.6 Å². The highest BCUT2D eigenvalue weighted by Gasteiger charge is 2.36. The van der Waals surface area contributed by atoms with Gasteiger partial charge in [-0.15, -0.1) is 0 Å². The molecule has 2 atom stereocenters. The van der Waals surface area contributed by atoms with E-state index in [0.29, 0.717) is 4.90 Å². The van der Waals surface area contributed by atoms with Gasteiger partial charge in [0.25, 0.3) is 0 Å². The molecule has 2 rings (SSSR count). The Bertz CT molecular complexity index is 569. The van der Waals surface area contributed by atoms with Crippen molar-refractivity contribution in [1.82, 2.24) is 4.31 Å². The monoisotopic (exact) mass is 298 g/mol. The Morgan fingerprint density at radius 1 is 1.30 bits per heavy atom. The molecule has 1 aliphatic rings. The second-order valence-corrected chi connectivity index (χ2v) is 7.77. The summed E-state index contributed by atoms with van der Waals surface area (Å²) >= 11 is 0. The minimum absolute atomic E-state index is 0.109. The van der Waals surface area contributed by atoms with Crippen molar-refractivity contribution in [2.24, 2.45) is 0 Å². The molecule has 0 bridgehead atoms. The number of ether oxygens (including phenoxy) is 1. The lowest BCUT2D eigenvalue weighted by atomic mass is 9.94. The average Bonchev–Trinajstić information content (AvgIpc) is 2.70. The molecule has 0 saturated carbocycles. The van der Waals surface area contributed by atoms with Crippen LogP contribution in [0, 0.1) is 0 Å². The lowest BCUT2D eigenvalue weighted by molar-refractivity contribution is 0.105. The predicted octanol–water partition coefficient (Wildman–Crippen LogP) is 1.92. The van der Waals surface area contributed by atoms with Gasteiger partial charge in [-0.05, 0) is 44.5 Å². The molecule has 1 aromatic rings. The van der Waals surface area contributed by atoms with Crippen molar-refractivity contribution in [2.75, 3.05) is 26.0 Å². The molecular weight excluding hydrogens is 276 g/mol. The van der Waals surface area contributed by atoms with Gasteiger partial charge >= 0.3 is 0 Å². The van der Waals surface area contributed by atoms with Crippen LogP contribution >= 0.6 is 0 Å². The Morgan fingerprint density at radius 3 is 2.35 bits per heavy atom. The number of hydrogen-bond donors (Lipinski definition) is 1. The van der Waals surface area contributed by atoms with Gasteiger partial charge in [-0.2, -0.15) is 0 Å². The minimum atomic E-state index is -3.37. The normalized spacial score (nSPS) is 26.9. The topological polar surface area (TPSA) is 58.6 Å². The van der Waals surface area contributed by atoms with Gasteiger partial charge in [0, 0.05) is 26.4 Å². The smallest absolute Gasteiger partial charge is 0.242 e. The summed E-state index contributed by atoms with van der Waals surface area (Å²) in [6, 6.07) is 6.85. The molecule has 0 spiro atoms. The van der Waals surface area contributed by atoms with E-state index in [9.17, 15) is 8.42 Å². The zero-order valence-electron chi connectivity index (χ0n) is 12.4. The van der Waals surface area contributed by atoms with Gasteiger partial charge in [-0.3, -0.25) is 0 Å². The van der Waals surface area contributed by atoms with Crippen molar-refractivity contribution in [2.45, 2.75) is 36.8 Å². The predicted molar refractivity (Wildman–Crippen MR) is 79.4 cm³/mol. The Labute approximate surface area is 121 Å². The zero-order valence-corrected chi connectivity index (χ0v) is 13.2. The molecule has 112 valence electrons. The summed E-state index contributed by atoms with van der Waals surface area (Å²) in [5.41, 5.74) is 0.796. The highest BCUT2D eigenvalue weighted by molar-refractivity contribution is 7.89. The molecule has 1 N–H and O–H groups in total. The maximum Gasteiger partial charge on any atom is 0.242 e. The van der Waals surface area contributed by atoms with E-state index in [1.165, 1.54) is 18.4 Å². The van der Waals surface area contributed by atoms with E-state index in [2.05, 4.69) is 12.2 Å². The number of rotatable bonds is 4. The van der Waals surface area contributed by atoms with Crippen molar-refractivity contribution in [3.05, 3.63) is 24.3 Å². The van der Waals surface area contributed by atoms with Crippen LogP contribution in [0.1, 0.15) is 20.3 Å². The van der Waals surface area contributed by atoms with Crippen molar-refractivity contribution < 1.29 is 13.2 Å². The molecule has 0 radical (unpaired) electrons. The number of benzene rings is 1. The molecule has 0 amide bonds. The van der Waals surface area contributed by atoms with E-state index in [1.54, 1.807) is 24.3 Å². The van der Waals surface area contributed by atoms with Crippen LogP contribution < -0.4 is 5.32 Å². The fourth-order valence-corrected chi connectivity index (χ4v) is 3.15. The van der Waals surface area contributed by atoms with Gasteiger partial charge in [0.15, 0.2) is 0 Å². The average molecular weight is 298 g/mol. The third-order valence-electron chi connectivity index (χ3n) is 3.95. The lowest BCUT2D eigenvalue weighted by Crippen LogP contribution is -2.41. The van der Waals surface area contributed by atoms with Gasteiger partial charge in [0.1, 0.15) is 0 Å². The first-order valence-electron chi connectivity index (χ1n) is 6.68. The van der Waals surface area contributed by atoms with Crippen LogP contribution in [0.2, 0.25) is 0 Å². The SMILES string of the molecule is CC1OCCC1(C)Nc1ccc(S(=O)(=O)N(C)C)cc1. The summed E-state index contributed by atoms with van der Waals surface area (Å²) in [5, 5.41) is 3.44. The van der Waals surface area contributed by atoms with Crippen LogP contribution in [0.25, 0.3) is 0 Å². The fraction of sp³-hybridized carbons (Fsp3) is 0.571. The first kappa shape index (κ1) is 15.3. The van der Waals surface area contributed by atoms with Crippen molar-refractivity contribution in [3.63, 3.8) is 0 Å². The summed E-state index contributed by atoms with van der Waals surface area (Å²) in [6.45, 7) is 4.91. The summed E-state index contributed by atoms with van der Waals surface area (Å²) in [6.07, 6.45) is 1.07. The number of hydrogen-bond acceptors (Lipinski definition) is 4. The van der Waals surface area contributed by atoms with E-state index in [4.69, 9.17) is 4.74 Å². The second-order valence-electron chi connectivity index (χ2n) is 5.62. The molecule has 6 heteroatoms. The van der Waals surface area contributed by atoms with E-state index in [0.717, 1.165) is 18.7 Å². The lowest BCUT2D eigenvalue weighted by Gasteiger charge is -2.30. The van der Waals surface area contributed by atoms with Gasteiger partial charge in [0.2, 0.25) is 10.0 Å². The molecule has 2 unspecified atom stereocenters. The van der Waals surface area contributed by atoms with E-state index < -0.39 is 10.0 Å². The van der Waals surface area contributed by atoms with Crippen LogP contribution in [-0.4, -0.2) is 45.1 Å². The number of nitrogens with zero attached hydrogens (tertiary/aromatic N) is 1. The first-order valence-corrected chi connectivity index (χ1v) is 8.12. The molecule has 5 nitrogen and oxygen atoms in total. The summed E-state index contributed by atoms with van der Waals surface area (Å²) in [7, 11) is -0.310. The first-order chi connectivity index (χ1) is 9.25. The van der Waals surface area contributed by atoms with Crippen LogP contribution in [0.15, 0.2) is 29.2 Å². The van der Waals surface area contributed by atoms with Gasteiger partial charge < -0.3 is 10.1 Å². The van der Waals surface area contributed by atoms with Crippen LogP contribution in [0.4, 0.5) is 5.69 Å². The van der Waals surface area contributed by atoms with Gasteiger partial charge in [-0.25, -0.2) is 12.7 Å².